The molecule has 192 valence electrons. The van der Waals surface area contributed by atoms with Gasteiger partial charge in [0, 0.05) is 26.2 Å². The monoisotopic (exact) mass is 494 g/mol. The molecule has 2 fully saturated rings. The zero-order valence-electron chi connectivity index (χ0n) is 21.2. The predicted octanol–water partition coefficient (Wildman–Crippen LogP) is 2.39. The molecule has 2 aromatic carbocycles. The summed E-state index contributed by atoms with van der Waals surface area (Å²) >= 11 is 0. The maximum atomic E-state index is 13.1. The number of hydrogen-bond acceptors (Lipinski definition) is 6. The van der Waals surface area contributed by atoms with Crippen molar-refractivity contribution in [3.63, 3.8) is 0 Å². The van der Waals surface area contributed by atoms with Crippen LogP contribution in [0.4, 0.5) is 4.79 Å². The first-order valence-corrected chi connectivity index (χ1v) is 12.2. The number of ether oxygens (including phenoxy) is 2. The van der Waals surface area contributed by atoms with Crippen LogP contribution in [0.15, 0.2) is 48.5 Å². The van der Waals surface area contributed by atoms with Crippen LogP contribution in [-0.2, 0) is 33.0 Å². The van der Waals surface area contributed by atoms with Crippen molar-refractivity contribution in [1.29, 1.82) is 0 Å². The summed E-state index contributed by atoms with van der Waals surface area (Å²) in [6, 6.07) is 14.3. The first-order chi connectivity index (χ1) is 17.2. The van der Waals surface area contributed by atoms with Crippen molar-refractivity contribution < 1.29 is 23.9 Å². The lowest BCUT2D eigenvalue weighted by molar-refractivity contribution is -0.134. The normalized spacial score (nSPS) is 24.5. The Hall–Kier alpha value is -3.43. The highest BCUT2D eigenvalue weighted by Gasteiger charge is 2.49. The summed E-state index contributed by atoms with van der Waals surface area (Å²) in [6.45, 7) is 8.21. The van der Waals surface area contributed by atoms with E-state index in [2.05, 4.69) is 35.4 Å². The van der Waals surface area contributed by atoms with E-state index in [4.69, 9.17) is 9.47 Å². The van der Waals surface area contributed by atoms with Gasteiger partial charge in [0.1, 0.15) is 17.8 Å². The highest BCUT2D eigenvalue weighted by molar-refractivity contribution is 6.09. The van der Waals surface area contributed by atoms with E-state index in [0.29, 0.717) is 17.9 Å². The second kappa shape index (κ2) is 10.7. The zero-order chi connectivity index (χ0) is 25.9. The number of hydrogen-bond donors (Lipinski definition) is 2. The Balaban J connectivity index is 1.37. The van der Waals surface area contributed by atoms with Crippen LogP contribution < -0.4 is 15.4 Å². The lowest BCUT2D eigenvalue weighted by Gasteiger charge is -2.35. The van der Waals surface area contributed by atoms with Crippen LogP contribution >= 0.6 is 0 Å². The Morgan fingerprint density at radius 2 is 1.72 bits per heavy atom. The highest BCUT2D eigenvalue weighted by Crippen LogP contribution is 2.30. The number of nitrogens with zero attached hydrogens (tertiary/aromatic N) is 2. The summed E-state index contributed by atoms with van der Waals surface area (Å²) in [4.78, 5) is 41.8. The van der Waals surface area contributed by atoms with Crippen molar-refractivity contribution in [3.8, 4) is 5.75 Å². The number of carbonyl (C=O) groups excluding carboxylic acids is 3. The molecule has 9 heteroatoms. The van der Waals surface area contributed by atoms with Crippen LogP contribution in [0, 0.1) is 0 Å². The lowest BCUT2D eigenvalue weighted by atomic mass is 9.92. The lowest BCUT2D eigenvalue weighted by Crippen LogP contribution is -2.45. The molecule has 2 aromatic rings. The molecule has 0 radical (unpaired) electrons. The van der Waals surface area contributed by atoms with E-state index in [1.165, 1.54) is 0 Å². The minimum absolute atomic E-state index is 0.174. The maximum absolute atomic E-state index is 13.1. The molecule has 0 aromatic heterocycles. The maximum Gasteiger partial charge on any atom is 0.325 e. The molecule has 3 unspecified atom stereocenters. The average molecular weight is 495 g/mol. The van der Waals surface area contributed by atoms with E-state index in [-0.39, 0.29) is 18.8 Å². The van der Waals surface area contributed by atoms with Crippen LogP contribution in [0.2, 0.25) is 0 Å². The quantitative estimate of drug-likeness (QED) is 0.547. The minimum atomic E-state index is -1.25. The molecule has 0 saturated carbocycles. The number of imide groups is 1. The SMILES string of the molecule is COc1ccc(C2(C)NC(=O)N(CC(=O)NCc3ccccc3CN3CC(C)OC(C)C3)C2=O)cc1. The molecule has 4 rings (SSSR count). The van der Waals surface area contributed by atoms with Gasteiger partial charge in [0.15, 0.2) is 0 Å². The topological polar surface area (TPSA) is 100 Å². The van der Waals surface area contributed by atoms with E-state index in [9.17, 15) is 14.4 Å². The van der Waals surface area contributed by atoms with Crippen molar-refractivity contribution >= 4 is 17.8 Å². The molecule has 0 aliphatic carbocycles. The minimum Gasteiger partial charge on any atom is -0.497 e. The molecule has 4 amide bonds. The Labute approximate surface area is 211 Å². The fraction of sp³-hybridized carbons (Fsp3) is 0.444. The fourth-order valence-corrected chi connectivity index (χ4v) is 4.89. The van der Waals surface area contributed by atoms with Gasteiger partial charge in [0.2, 0.25) is 5.91 Å². The molecule has 0 spiro atoms. The van der Waals surface area contributed by atoms with Crippen molar-refractivity contribution in [3.05, 3.63) is 65.2 Å². The Morgan fingerprint density at radius 3 is 2.36 bits per heavy atom. The fourth-order valence-electron chi connectivity index (χ4n) is 4.89. The number of rotatable bonds is 8. The first kappa shape index (κ1) is 25.7. The van der Waals surface area contributed by atoms with Crippen molar-refractivity contribution in [1.82, 2.24) is 20.4 Å². The number of nitrogens with one attached hydrogen (secondary N) is 2. The zero-order valence-corrected chi connectivity index (χ0v) is 21.2. The third kappa shape index (κ3) is 5.52. The number of urea groups is 1. The Bertz CT molecular complexity index is 1110. The van der Waals surface area contributed by atoms with Crippen LogP contribution in [0.25, 0.3) is 0 Å². The van der Waals surface area contributed by atoms with Gasteiger partial charge in [-0.3, -0.25) is 19.4 Å². The molecular formula is C27H34N4O5. The second-order valence-electron chi connectivity index (χ2n) is 9.67. The van der Waals surface area contributed by atoms with E-state index in [1.807, 2.05) is 18.2 Å². The summed E-state index contributed by atoms with van der Waals surface area (Å²) in [6.07, 6.45) is 0.349. The predicted molar refractivity (Wildman–Crippen MR) is 134 cm³/mol. The summed E-state index contributed by atoms with van der Waals surface area (Å²) in [7, 11) is 1.56. The summed E-state index contributed by atoms with van der Waals surface area (Å²) in [5.74, 6) is -0.224. The highest BCUT2D eigenvalue weighted by atomic mass is 16.5. The van der Waals surface area contributed by atoms with Crippen LogP contribution in [0.3, 0.4) is 0 Å². The van der Waals surface area contributed by atoms with Gasteiger partial charge in [-0.25, -0.2) is 4.79 Å². The van der Waals surface area contributed by atoms with E-state index < -0.39 is 23.4 Å². The van der Waals surface area contributed by atoms with E-state index in [0.717, 1.165) is 35.7 Å². The smallest absolute Gasteiger partial charge is 0.325 e. The van der Waals surface area contributed by atoms with Crippen molar-refractivity contribution in [2.24, 2.45) is 0 Å². The molecular weight excluding hydrogens is 460 g/mol. The summed E-state index contributed by atoms with van der Waals surface area (Å²) < 4.78 is 11.0. The Morgan fingerprint density at radius 1 is 1.08 bits per heavy atom. The molecule has 9 nitrogen and oxygen atoms in total. The third-order valence-electron chi connectivity index (χ3n) is 6.73. The average Bonchev–Trinajstić information content (AvgIpc) is 3.06. The molecule has 2 aliphatic heterocycles. The number of carbonyl (C=O) groups is 3. The van der Waals surface area contributed by atoms with Gasteiger partial charge in [0.25, 0.3) is 5.91 Å². The molecule has 2 aliphatic rings. The summed E-state index contributed by atoms with van der Waals surface area (Å²) in [5.41, 5.74) is 1.49. The molecule has 2 heterocycles. The largest absolute Gasteiger partial charge is 0.497 e. The van der Waals surface area contributed by atoms with E-state index >= 15 is 0 Å². The number of methoxy groups -OCH3 is 1. The van der Waals surface area contributed by atoms with Gasteiger partial charge in [-0.15, -0.1) is 0 Å². The van der Waals surface area contributed by atoms with Crippen LogP contribution in [0.1, 0.15) is 37.5 Å². The first-order valence-electron chi connectivity index (χ1n) is 12.2. The molecule has 3 atom stereocenters. The molecule has 36 heavy (non-hydrogen) atoms. The molecule has 2 N–H and O–H groups in total. The number of benzene rings is 2. The van der Waals surface area contributed by atoms with E-state index in [1.54, 1.807) is 38.3 Å². The molecule has 2 saturated heterocycles. The van der Waals surface area contributed by atoms with Gasteiger partial charge in [0.05, 0.1) is 19.3 Å². The van der Waals surface area contributed by atoms with Gasteiger partial charge >= 0.3 is 6.03 Å². The van der Waals surface area contributed by atoms with Crippen LogP contribution in [-0.4, -0.2) is 66.6 Å². The number of morpholine rings is 1. The van der Waals surface area contributed by atoms with Gasteiger partial charge in [-0.05, 0) is 49.6 Å². The van der Waals surface area contributed by atoms with Gasteiger partial charge < -0.3 is 20.1 Å². The van der Waals surface area contributed by atoms with Crippen LogP contribution in [0.5, 0.6) is 5.75 Å². The third-order valence-corrected chi connectivity index (χ3v) is 6.73. The van der Waals surface area contributed by atoms with Gasteiger partial charge in [-0.2, -0.15) is 0 Å². The molecule has 0 bridgehead atoms. The van der Waals surface area contributed by atoms with Gasteiger partial charge in [-0.1, -0.05) is 36.4 Å². The Kier molecular flexibility index (Phi) is 7.61. The van der Waals surface area contributed by atoms with Crippen molar-refractivity contribution in [2.45, 2.75) is 51.6 Å². The second-order valence-corrected chi connectivity index (χ2v) is 9.67. The standard InChI is InChI=1S/C27H34N4O5/c1-18-14-30(15-19(2)36-18)16-21-8-6-5-7-20(21)13-28-24(32)17-31-25(33)27(3,29-26(31)34)22-9-11-23(35-4)12-10-22/h5-12,18-19H,13-17H2,1-4H3,(H,28,32)(H,29,34). The number of amides is 4. The summed E-state index contributed by atoms with van der Waals surface area (Å²) in [5, 5.41) is 5.60. The van der Waals surface area contributed by atoms with Crippen molar-refractivity contribution in [2.75, 3.05) is 26.7 Å².